The summed E-state index contributed by atoms with van der Waals surface area (Å²) in [6.45, 7) is 15.9. The average molecular weight is 643 g/mol. The van der Waals surface area contributed by atoms with E-state index in [4.69, 9.17) is 9.97 Å². The Hall–Kier alpha value is -4.30. The molecule has 2 heterocycles. The zero-order chi connectivity index (χ0) is 34.1. The molecule has 0 aliphatic heterocycles. The number of hydrogen-bond acceptors (Lipinski definition) is 2. The smallest absolute Gasteiger partial charge is 0.0974 e. The number of fused-ring (bicyclic) bond motifs is 5. The molecule has 49 heavy (non-hydrogen) atoms. The van der Waals surface area contributed by atoms with Gasteiger partial charge in [0.2, 0.25) is 0 Å². The normalized spacial score (nSPS) is 22.5. The van der Waals surface area contributed by atoms with Gasteiger partial charge in [0.05, 0.1) is 11.0 Å². The van der Waals surface area contributed by atoms with Crippen LogP contribution in [0.25, 0.3) is 33.0 Å². The van der Waals surface area contributed by atoms with Gasteiger partial charge in [0, 0.05) is 38.9 Å². The minimum atomic E-state index is -0.0945. The van der Waals surface area contributed by atoms with Gasteiger partial charge in [-0.2, -0.15) is 0 Å². The lowest BCUT2D eigenvalue weighted by Gasteiger charge is -2.40. The van der Waals surface area contributed by atoms with Crippen molar-refractivity contribution >= 4 is 33.0 Å². The van der Waals surface area contributed by atoms with Gasteiger partial charge in [0.1, 0.15) is 0 Å². The monoisotopic (exact) mass is 642 g/mol. The Morgan fingerprint density at radius 1 is 0.755 bits per heavy atom. The molecule has 4 aromatic rings. The van der Waals surface area contributed by atoms with Crippen LogP contribution < -0.4 is 0 Å². The van der Waals surface area contributed by atoms with Gasteiger partial charge in [0.25, 0.3) is 0 Å². The maximum atomic E-state index is 5.37. The second kappa shape index (κ2) is 11.9. The van der Waals surface area contributed by atoms with Crippen LogP contribution in [0.5, 0.6) is 0 Å². The van der Waals surface area contributed by atoms with E-state index in [0.29, 0.717) is 17.8 Å². The summed E-state index contributed by atoms with van der Waals surface area (Å²) in [6.07, 6.45) is 22.8. The Morgan fingerprint density at radius 3 is 2.31 bits per heavy atom. The van der Waals surface area contributed by atoms with Crippen molar-refractivity contribution in [3.05, 3.63) is 142 Å². The van der Waals surface area contributed by atoms with Gasteiger partial charge in [0.15, 0.2) is 0 Å². The Balaban J connectivity index is 1.31. The van der Waals surface area contributed by atoms with E-state index in [0.717, 1.165) is 53.5 Å². The molecule has 8 rings (SSSR count). The first kappa shape index (κ1) is 31.9. The van der Waals surface area contributed by atoms with Gasteiger partial charge in [-0.1, -0.05) is 133 Å². The number of benzene rings is 2. The molecule has 0 saturated heterocycles. The van der Waals surface area contributed by atoms with Gasteiger partial charge in [-0.15, -0.1) is 0 Å². The fourth-order valence-corrected chi connectivity index (χ4v) is 8.48. The summed E-state index contributed by atoms with van der Waals surface area (Å²) >= 11 is 0. The second-order valence-electron chi connectivity index (χ2n) is 16.9. The summed E-state index contributed by atoms with van der Waals surface area (Å²) < 4.78 is 0. The lowest BCUT2D eigenvalue weighted by atomic mass is 9.63. The Kier molecular flexibility index (Phi) is 7.78. The molecule has 4 aliphatic carbocycles. The lowest BCUT2D eigenvalue weighted by Crippen LogP contribution is -2.25. The summed E-state index contributed by atoms with van der Waals surface area (Å²) in [4.78, 5) is 10.6. The highest BCUT2D eigenvalue weighted by atomic mass is 14.8. The summed E-state index contributed by atoms with van der Waals surface area (Å²) in [5.74, 6) is 1.52. The van der Waals surface area contributed by atoms with Crippen LogP contribution in [0.3, 0.4) is 0 Å². The Bertz CT molecular complexity index is 2180. The first-order valence-electron chi connectivity index (χ1n) is 18.5. The Morgan fingerprint density at radius 2 is 1.53 bits per heavy atom. The molecule has 0 saturated carbocycles. The van der Waals surface area contributed by atoms with Crippen molar-refractivity contribution in [3.63, 3.8) is 0 Å². The summed E-state index contributed by atoms with van der Waals surface area (Å²) in [5.41, 5.74) is 15.6. The molecule has 248 valence electrons. The standard InChI is InChI=1S/C47H50N2/c1-29-19-21-30(22-20-29)42-34-15-8-10-17-36(34)43(37-18-11-9-16-35(37)42)33-14-12-13-32(27-33)39-28-41(47(5,6)7)49-45-38(39)25-23-31-24-26-40(46(2,3)4)48-44(31)45/h8,10-11,14-15,17-19,21-29,35,42H,9,12-13,16,20H2,1-7H3/t29-,35-,42-/m0/s1. The van der Waals surface area contributed by atoms with Crippen molar-refractivity contribution in [1.29, 1.82) is 0 Å². The van der Waals surface area contributed by atoms with Crippen molar-refractivity contribution in [1.82, 2.24) is 9.97 Å². The van der Waals surface area contributed by atoms with E-state index < -0.39 is 0 Å². The van der Waals surface area contributed by atoms with Crippen molar-refractivity contribution in [2.75, 3.05) is 0 Å². The highest BCUT2D eigenvalue weighted by Crippen LogP contribution is 2.53. The van der Waals surface area contributed by atoms with Gasteiger partial charge in [-0.25, -0.2) is 9.97 Å². The van der Waals surface area contributed by atoms with E-state index in [1.807, 2.05) is 0 Å². The number of hydrogen-bond donors (Lipinski definition) is 0. The lowest BCUT2D eigenvalue weighted by molar-refractivity contribution is 0.491. The number of pyridine rings is 2. The van der Waals surface area contributed by atoms with Crippen LogP contribution in [0.1, 0.15) is 115 Å². The molecule has 0 amide bonds. The van der Waals surface area contributed by atoms with E-state index >= 15 is 0 Å². The van der Waals surface area contributed by atoms with Crippen molar-refractivity contribution in [3.8, 4) is 0 Å². The van der Waals surface area contributed by atoms with Gasteiger partial charge in [-0.3, -0.25) is 0 Å². The first-order chi connectivity index (χ1) is 23.5. The highest BCUT2D eigenvalue weighted by molar-refractivity contribution is 6.07. The zero-order valence-corrected chi connectivity index (χ0v) is 30.4. The first-order valence-corrected chi connectivity index (χ1v) is 18.5. The molecule has 3 atom stereocenters. The molecule has 4 aliphatic rings. The number of allylic oxidation sites excluding steroid dienone is 12. The van der Waals surface area contributed by atoms with E-state index in [9.17, 15) is 0 Å². The van der Waals surface area contributed by atoms with Crippen LogP contribution in [0, 0.1) is 11.8 Å². The van der Waals surface area contributed by atoms with Crippen LogP contribution >= 0.6 is 0 Å². The zero-order valence-electron chi connectivity index (χ0n) is 30.4. The maximum absolute atomic E-state index is 5.37. The molecule has 0 fully saturated rings. The van der Waals surface area contributed by atoms with Crippen LogP contribution in [0.4, 0.5) is 0 Å². The third kappa shape index (κ3) is 5.68. The van der Waals surface area contributed by atoms with Gasteiger partial charge >= 0.3 is 0 Å². The molecule has 2 aromatic carbocycles. The van der Waals surface area contributed by atoms with Crippen LogP contribution in [0.2, 0.25) is 0 Å². The van der Waals surface area contributed by atoms with Crippen LogP contribution in [-0.2, 0) is 10.8 Å². The molecular weight excluding hydrogens is 593 g/mol. The van der Waals surface area contributed by atoms with E-state index in [1.54, 1.807) is 0 Å². The van der Waals surface area contributed by atoms with E-state index in [1.165, 1.54) is 56.4 Å². The minimum Gasteiger partial charge on any atom is -0.250 e. The molecule has 0 spiro atoms. The molecular formula is C47H50N2. The molecule has 2 aromatic heterocycles. The molecule has 0 bridgehead atoms. The van der Waals surface area contributed by atoms with Crippen molar-refractivity contribution in [2.45, 2.75) is 97.3 Å². The summed E-state index contributed by atoms with van der Waals surface area (Å²) in [5, 5.41) is 2.35. The third-order valence-corrected chi connectivity index (χ3v) is 11.2. The predicted molar refractivity (Wildman–Crippen MR) is 209 cm³/mol. The maximum Gasteiger partial charge on any atom is 0.0974 e. The fourth-order valence-electron chi connectivity index (χ4n) is 8.48. The highest BCUT2D eigenvalue weighted by Gasteiger charge is 2.38. The van der Waals surface area contributed by atoms with Gasteiger partial charge < -0.3 is 0 Å². The number of nitrogens with zero attached hydrogens (tertiary/aromatic N) is 2. The average Bonchev–Trinajstić information content (AvgIpc) is 3.09. The van der Waals surface area contributed by atoms with Gasteiger partial charge in [-0.05, 0) is 101 Å². The van der Waals surface area contributed by atoms with Crippen LogP contribution in [0.15, 0.2) is 114 Å². The SMILES string of the molecule is C[C@H]1C=CC([C@H]2c3ccccc3C(C3=CCCC(c4cc(C(C)(C)C)nc5c4ccc4ccc(C(C)(C)C)nc45)=C3)=C3C=CCC[C@@H]32)=CC1. The molecule has 0 unspecified atom stereocenters. The fraction of sp³-hybridized carbons (Fsp3) is 0.362. The second-order valence-corrected chi connectivity index (χ2v) is 16.9. The van der Waals surface area contributed by atoms with Crippen LogP contribution in [-0.4, -0.2) is 9.97 Å². The molecule has 0 N–H and O–H groups in total. The van der Waals surface area contributed by atoms with E-state index in [2.05, 4.69) is 146 Å². The largest absolute Gasteiger partial charge is 0.250 e. The van der Waals surface area contributed by atoms with Crippen molar-refractivity contribution < 1.29 is 0 Å². The molecule has 2 nitrogen and oxygen atoms in total. The molecule has 2 heteroatoms. The summed E-state index contributed by atoms with van der Waals surface area (Å²) in [6, 6.07) is 20.6. The summed E-state index contributed by atoms with van der Waals surface area (Å²) in [7, 11) is 0. The topological polar surface area (TPSA) is 25.8 Å². The Labute approximate surface area is 293 Å². The number of aromatic nitrogens is 2. The quantitative estimate of drug-likeness (QED) is 0.208. The molecule has 0 radical (unpaired) electrons. The van der Waals surface area contributed by atoms with Crippen molar-refractivity contribution in [2.24, 2.45) is 11.8 Å². The third-order valence-electron chi connectivity index (χ3n) is 11.2. The number of rotatable bonds is 3. The minimum absolute atomic E-state index is 0.0374. The van der Waals surface area contributed by atoms with E-state index in [-0.39, 0.29) is 10.8 Å². The predicted octanol–water partition coefficient (Wildman–Crippen LogP) is 12.5.